The summed E-state index contributed by atoms with van der Waals surface area (Å²) < 4.78 is 24.4. The Labute approximate surface area is 129 Å². The Morgan fingerprint density at radius 2 is 2.10 bits per heavy atom. The van der Waals surface area contributed by atoms with E-state index < -0.39 is 11.8 Å². The second-order valence-corrected chi connectivity index (χ2v) is 5.02. The third-order valence-electron chi connectivity index (χ3n) is 2.71. The minimum Gasteiger partial charge on any atom is -0.478 e. The lowest BCUT2D eigenvalue weighted by Crippen LogP contribution is -2.00. The van der Waals surface area contributed by atoms with Crippen molar-refractivity contribution >= 4 is 21.9 Å². The molecular formula is C15H12BrFO4. The van der Waals surface area contributed by atoms with Crippen LogP contribution < -0.4 is 4.74 Å². The monoisotopic (exact) mass is 354 g/mol. The molecule has 2 aromatic carbocycles. The summed E-state index contributed by atoms with van der Waals surface area (Å²) in [6, 6.07) is 9.59. The van der Waals surface area contributed by atoms with Crippen LogP contribution in [0, 0.1) is 5.82 Å². The maximum atomic E-state index is 14.1. The summed E-state index contributed by atoms with van der Waals surface area (Å²) in [6.07, 6.45) is 0. The smallest absolute Gasteiger partial charge is 0.336 e. The van der Waals surface area contributed by atoms with Crippen molar-refractivity contribution < 1.29 is 23.8 Å². The number of methoxy groups -OCH3 is 1. The minimum absolute atomic E-state index is 0.0542. The lowest BCUT2D eigenvalue weighted by Gasteiger charge is -2.10. The van der Waals surface area contributed by atoms with Gasteiger partial charge in [0.05, 0.1) is 16.6 Å². The van der Waals surface area contributed by atoms with E-state index in [1.165, 1.54) is 12.1 Å². The van der Waals surface area contributed by atoms with Crippen LogP contribution in [0.2, 0.25) is 0 Å². The molecule has 0 amide bonds. The van der Waals surface area contributed by atoms with Gasteiger partial charge in [-0.05, 0) is 45.8 Å². The summed E-state index contributed by atoms with van der Waals surface area (Å²) in [4.78, 5) is 10.9. The van der Waals surface area contributed by atoms with E-state index in [-0.39, 0.29) is 15.8 Å². The summed E-state index contributed by atoms with van der Waals surface area (Å²) in [5, 5.41) is 8.91. The first-order chi connectivity index (χ1) is 10.0. The number of carboxylic acids is 1. The van der Waals surface area contributed by atoms with Gasteiger partial charge in [0, 0.05) is 7.11 Å². The molecule has 0 aliphatic heterocycles. The van der Waals surface area contributed by atoms with Crippen LogP contribution >= 0.6 is 15.9 Å². The molecule has 0 aromatic heterocycles. The van der Waals surface area contributed by atoms with Crippen molar-refractivity contribution in [1.29, 1.82) is 0 Å². The van der Waals surface area contributed by atoms with Crippen LogP contribution in [-0.4, -0.2) is 18.2 Å². The number of rotatable bonds is 5. The van der Waals surface area contributed by atoms with Crippen molar-refractivity contribution in [3.8, 4) is 11.5 Å². The van der Waals surface area contributed by atoms with Crippen LogP contribution in [0.25, 0.3) is 0 Å². The summed E-state index contributed by atoms with van der Waals surface area (Å²) in [6.45, 7) is 0.418. The molecule has 0 heterocycles. The van der Waals surface area contributed by atoms with Gasteiger partial charge in [0.25, 0.3) is 0 Å². The van der Waals surface area contributed by atoms with Gasteiger partial charge in [0.15, 0.2) is 11.6 Å². The van der Waals surface area contributed by atoms with E-state index in [4.69, 9.17) is 14.6 Å². The molecule has 21 heavy (non-hydrogen) atoms. The summed E-state index contributed by atoms with van der Waals surface area (Å²) >= 11 is 2.93. The number of aromatic carboxylic acids is 1. The van der Waals surface area contributed by atoms with Crippen LogP contribution in [0.4, 0.5) is 4.39 Å². The van der Waals surface area contributed by atoms with E-state index in [0.717, 1.165) is 5.56 Å². The highest BCUT2D eigenvalue weighted by molar-refractivity contribution is 9.10. The van der Waals surface area contributed by atoms with Crippen molar-refractivity contribution in [3.05, 3.63) is 57.8 Å². The fraction of sp³-hybridized carbons (Fsp3) is 0.133. The van der Waals surface area contributed by atoms with Crippen LogP contribution in [0.1, 0.15) is 15.9 Å². The zero-order chi connectivity index (χ0) is 15.4. The quantitative estimate of drug-likeness (QED) is 0.872. The van der Waals surface area contributed by atoms with Crippen molar-refractivity contribution in [1.82, 2.24) is 0 Å². The molecular weight excluding hydrogens is 343 g/mol. The SMILES string of the molecule is COCc1cccc(Oc2ccc(C(=O)O)c(Br)c2F)c1. The Morgan fingerprint density at radius 3 is 2.76 bits per heavy atom. The molecule has 0 radical (unpaired) electrons. The Kier molecular flexibility index (Phi) is 4.93. The molecule has 0 atom stereocenters. The lowest BCUT2D eigenvalue weighted by atomic mass is 10.2. The molecule has 0 saturated heterocycles. The Morgan fingerprint density at radius 1 is 1.33 bits per heavy atom. The summed E-state index contributed by atoms with van der Waals surface area (Å²) in [5.74, 6) is -1.58. The van der Waals surface area contributed by atoms with E-state index in [9.17, 15) is 9.18 Å². The minimum atomic E-state index is -1.21. The predicted molar refractivity (Wildman–Crippen MR) is 78.3 cm³/mol. The first kappa shape index (κ1) is 15.5. The number of ether oxygens (including phenoxy) is 2. The highest BCUT2D eigenvalue weighted by atomic mass is 79.9. The van der Waals surface area contributed by atoms with Crippen LogP contribution in [0.15, 0.2) is 40.9 Å². The molecule has 4 nitrogen and oxygen atoms in total. The van der Waals surface area contributed by atoms with Gasteiger partial charge >= 0.3 is 5.97 Å². The predicted octanol–water partition coefficient (Wildman–Crippen LogP) is 4.23. The van der Waals surface area contributed by atoms with Gasteiger partial charge in [0.2, 0.25) is 0 Å². The maximum absolute atomic E-state index is 14.1. The molecule has 0 aliphatic carbocycles. The second kappa shape index (κ2) is 6.69. The highest BCUT2D eigenvalue weighted by Gasteiger charge is 2.17. The van der Waals surface area contributed by atoms with Gasteiger partial charge in [-0.2, -0.15) is 0 Å². The Bertz CT molecular complexity index is 673. The maximum Gasteiger partial charge on any atom is 0.336 e. The van der Waals surface area contributed by atoms with Gasteiger partial charge in [-0.25, -0.2) is 9.18 Å². The van der Waals surface area contributed by atoms with Crippen molar-refractivity contribution in [2.24, 2.45) is 0 Å². The fourth-order valence-electron chi connectivity index (χ4n) is 1.77. The zero-order valence-corrected chi connectivity index (χ0v) is 12.7. The van der Waals surface area contributed by atoms with Gasteiger partial charge in [-0.1, -0.05) is 12.1 Å². The van der Waals surface area contributed by atoms with E-state index in [1.54, 1.807) is 25.3 Å². The number of hydrogen-bond donors (Lipinski definition) is 1. The van der Waals surface area contributed by atoms with Crippen molar-refractivity contribution in [2.45, 2.75) is 6.61 Å². The van der Waals surface area contributed by atoms with E-state index in [1.807, 2.05) is 6.07 Å². The first-order valence-corrected chi connectivity index (χ1v) is 6.79. The van der Waals surface area contributed by atoms with Crippen LogP contribution in [0.3, 0.4) is 0 Å². The van der Waals surface area contributed by atoms with E-state index >= 15 is 0 Å². The fourth-order valence-corrected chi connectivity index (χ4v) is 2.27. The molecule has 0 aliphatic rings. The highest BCUT2D eigenvalue weighted by Crippen LogP contribution is 2.32. The molecule has 6 heteroatoms. The third kappa shape index (κ3) is 3.59. The zero-order valence-electron chi connectivity index (χ0n) is 11.1. The molecule has 1 N–H and O–H groups in total. The molecule has 2 rings (SSSR count). The van der Waals surface area contributed by atoms with Gasteiger partial charge in [-0.15, -0.1) is 0 Å². The van der Waals surface area contributed by atoms with Gasteiger partial charge in [-0.3, -0.25) is 0 Å². The second-order valence-electron chi connectivity index (χ2n) is 4.23. The Balaban J connectivity index is 2.30. The first-order valence-electron chi connectivity index (χ1n) is 6.00. The largest absolute Gasteiger partial charge is 0.478 e. The van der Waals surface area contributed by atoms with Crippen molar-refractivity contribution in [2.75, 3.05) is 7.11 Å². The molecule has 0 bridgehead atoms. The van der Waals surface area contributed by atoms with E-state index in [0.29, 0.717) is 12.4 Å². The van der Waals surface area contributed by atoms with Crippen LogP contribution in [-0.2, 0) is 11.3 Å². The normalized spacial score (nSPS) is 10.4. The number of carbonyl (C=O) groups is 1. The standard InChI is InChI=1S/C15H12BrFO4/c1-20-8-9-3-2-4-10(7-9)21-12-6-5-11(15(18)19)13(16)14(12)17/h2-7H,8H2,1H3,(H,18,19). The third-order valence-corrected chi connectivity index (χ3v) is 3.49. The van der Waals surface area contributed by atoms with Crippen LogP contribution in [0.5, 0.6) is 11.5 Å². The summed E-state index contributed by atoms with van der Waals surface area (Å²) in [7, 11) is 1.58. The van der Waals surface area contributed by atoms with E-state index in [2.05, 4.69) is 15.9 Å². The lowest BCUT2D eigenvalue weighted by molar-refractivity contribution is 0.0695. The molecule has 0 saturated carbocycles. The number of benzene rings is 2. The number of carboxylic acid groups (broad SMARTS) is 1. The molecule has 0 spiro atoms. The molecule has 110 valence electrons. The average Bonchev–Trinajstić information content (AvgIpc) is 2.44. The van der Waals surface area contributed by atoms with Gasteiger partial charge in [0.1, 0.15) is 5.75 Å². The molecule has 0 fully saturated rings. The number of halogens is 2. The molecule has 2 aromatic rings. The Hall–Kier alpha value is -1.92. The summed E-state index contributed by atoms with van der Waals surface area (Å²) in [5.41, 5.74) is 0.726. The van der Waals surface area contributed by atoms with Crippen molar-refractivity contribution in [3.63, 3.8) is 0 Å². The van der Waals surface area contributed by atoms with Gasteiger partial charge < -0.3 is 14.6 Å². The topological polar surface area (TPSA) is 55.8 Å². The number of hydrogen-bond acceptors (Lipinski definition) is 3. The average molecular weight is 355 g/mol. The molecule has 0 unspecified atom stereocenters.